The van der Waals surface area contributed by atoms with Crippen molar-refractivity contribution in [1.29, 1.82) is 0 Å². The van der Waals surface area contributed by atoms with Crippen LogP contribution < -0.4 is 0 Å². The molecule has 0 aliphatic carbocycles. The molecule has 0 aliphatic rings. The van der Waals surface area contributed by atoms with Gasteiger partial charge in [-0.2, -0.15) is 0 Å². The van der Waals surface area contributed by atoms with Gasteiger partial charge in [0.15, 0.2) is 0 Å². The molecular formula is C11H22O2. The van der Waals surface area contributed by atoms with E-state index in [-0.39, 0.29) is 5.41 Å². The van der Waals surface area contributed by atoms with E-state index < -0.39 is 5.97 Å². The van der Waals surface area contributed by atoms with Gasteiger partial charge in [-0.15, -0.1) is 0 Å². The molecule has 0 heterocycles. The van der Waals surface area contributed by atoms with Crippen LogP contribution in [0.2, 0.25) is 0 Å². The van der Waals surface area contributed by atoms with Crippen molar-refractivity contribution in [3.8, 4) is 0 Å². The van der Waals surface area contributed by atoms with Crippen molar-refractivity contribution in [2.24, 2.45) is 5.41 Å². The molecule has 2 heteroatoms. The van der Waals surface area contributed by atoms with Crippen LogP contribution in [0.3, 0.4) is 0 Å². The van der Waals surface area contributed by atoms with E-state index in [4.69, 9.17) is 5.11 Å². The largest absolute Gasteiger partial charge is 0.481 e. The maximum absolute atomic E-state index is 10.5. The Hall–Kier alpha value is -0.530. The Balaban J connectivity index is 3.56. The third kappa shape index (κ3) is 7.82. The number of carbonyl (C=O) groups is 1. The minimum Gasteiger partial charge on any atom is -0.481 e. The first-order valence-corrected chi connectivity index (χ1v) is 5.20. The zero-order valence-corrected chi connectivity index (χ0v) is 9.10. The summed E-state index contributed by atoms with van der Waals surface area (Å²) in [7, 11) is 0. The van der Waals surface area contributed by atoms with Gasteiger partial charge < -0.3 is 5.11 Å². The van der Waals surface area contributed by atoms with Crippen molar-refractivity contribution in [3.63, 3.8) is 0 Å². The third-order valence-corrected chi connectivity index (χ3v) is 2.34. The van der Waals surface area contributed by atoms with Gasteiger partial charge in [0.05, 0.1) is 6.42 Å². The van der Waals surface area contributed by atoms with Gasteiger partial charge in [-0.05, 0) is 11.8 Å². The zero-order chi connectivity index (χ0) is 10.3. The molecule has 0 radical (unpaired) electrons. The van der Waals surface area contributed by atoms with Crippen molar-refractivity contribution >= 4 is 5.97 Å². The number of rotatable bonds is 7. The van der Waals surface area contributed by atoms with E-state index >= 15 is 0 Å². The van der Waals surface area contributed by atoms with Gasteiger partial charge in [0.2, 0.25) is 0 Å². The maximum Gasteiger partial charge on any atom is 0.303 e. The fourth-order valence-corrected chi connectivity index (χ4v) is 1.53. The number of hydrogen-bond donors (Lipinski definition) is 1. The van der Waals surface area contributed by atoms with Gasteiger partial charge in [-0.25, -0.2) is 0 Å². The lowest BCUT2D eigenvalue weighted by Crippen LogP contribution is -2.16. The summed E-state index contributed by atoms with van der Waals surface area (Å²) in [5.41, 5.74) is -0.0282. The van der Waals surface area contributed by atoms with Crippen molar-refractivity contribution in [1.82, 2.24) is 0 Å². The van der Waals surface area contributed by atoms with E-state index in [0.717, 1.165) is 12.8 Å². The standard InChI is InChI=1S/C11H22O2/c1-4-5-6-7-8-11(2,3)9-10(12)13/h4-9H2,1-3H3,(H,12,13). The highest BCUT2D eigenvalue weighted by Gasteiger charge is 2.20. The van der Waals surface area contributed by atoms with E-state index in [1.54, 1.807) is 0 Å². The molecule has 1 N–H and O–H groups in total. The summed E-state index contributed by atoms with van der Waals surface area (Å²) in [6.07, 6.45) is 6.22. The number of hydrogen-bond acceptors (Lipinski definition) is 1. The Bertz CT molecular complexity index is 150. The van der Waals surface area contributed by atoms with Crippen LogP contribution in [0, 0.1) is 5.41 Å². The molecule has 78 valence electrons. The third-order valence-electron chi connectivity index (χ3n) is 2.34. The van der Waals surface area contributed by atoms with E-state index in [2.05, 4.69) is 6.92 Å². The summed E-state index contributed by atoms with van der Waals surface area (Å²) in [5, 5.41) is 8.65. The van der Waals surface area contributed by atoms with Gasteiger partial charge in [0, 0.05) is 0 Å². The van der Waals surface area contributed by atoms with Crippen LogP contribution in [-0.2, 0) is 4.79 Å². The van der Waals surface area contributed by atoms with Gasteiger partial charge >= 0.3 is 5.97 Å². The second-order valence-electron chi connectivity index (χ2n) is 4.55. The minimum absolute atomic E-state index is 0.0282. The topological polar surface area (TPSA) is 37.3 Å². The quantitative estimate of drug-likeness (QED) is 0.618. The zero-order valence-electron chi connectivity index (χ0n) is 9.10. The molecule has 0 atom stereocenters. The van der Waals surface area contributed by atoms with Crippen LogP contribution in [0.4, 0.5) is 0 Å². The lowest BCUT2D eigenvalue weighted by atomic mass is 9.84. The number of carboxylic acid groups (broad SMARTS) is 1. The summed E-state index contributed by atoms with van der Waals surface area (Å²) in [4.78, 5) is 10.5. The van der Waals surface area contributed by atoms with Crippen LogP contribution in [0.1, 0.15) is 59.3 Å². The van der Waals surface area contributed by atoms with Crippen LogP contribution >= 0.6 is 0 Å². The van der Waals surface area contributed by atoms with Gasteiger partial charge in [0.25, 0.3) is 0 Å². The summed E-state index contributed by atoms with van der Waals surface area (Å²) in [6, 6.07) is 0. The first-order valence-electron chi connectivity index (χ1n) is 5.20. The first-order chi connectivity index (χ1) is 5.98. The van der Waals surface area contributed by atoms with E-state index in [1.807, 2.05) is 13.8 Å². The SMILES string of the molecule is CCCCCCC(C)(C)CC(=O)O. The molecule has 0 aromatic rings. The van der Waals surface area contributed by atoms with E-state index in [1.165, 1.54) is 19.3 Å². The van der Waals surface area contributed by atoms with Crippen LogP contribution in [-0.4, -0.2) is 11.1 Å². The summed E-state index contributed by atoms with van der Waals surface area (Å²) >= 11 is 0. The average Bonchev–Trinajstić information content (AvgIpc) is 1.95. The Kier molecular flexibility index (Phi) is 5.76. The van der Waals surface area contributed by atoms with Crippen LogP contribution in [0.5, 0.6) is 0 Å². The molecule has 2 nitrogen and oxygen atoms in total. The Morgan fingerprint density at radius 2 is 1.85 bits per heavy atom. The first kappa shape index (κ1) is 12.5. The molecule has 0 spiro atoms. The van der Waals surface area contributed by atoms with Crippen molar-refractivity contribution in [3.05, 3.63) is 0 Å². The Morgan fingerprint density at radius 1 is 1.23 bits per heavy atom. The fraction of sp³-hybridized carbons (Fsp3) is 0.909. The van der Waals surface area contributed by atoms with Crippen LogP contribution in [0.15, 0.2) is 0 Å². The molecule has 0 rings (SSSR count). The number of carboxylic acids is 1. The number of aliphatic carboxylic acids is 1. The van der Waals surface area contributed by atoms with Crippen LogP contribution in [0.25, 0.3) is 0 Å². The highest BCUT2D eigenvalue weighted by molar-refractivity contribution is 5.67. The minimum atomic E-state index is -0.680. The average molecular weight is 186 g/mol. The predicted octanol–water partition coefficient (Wildman–Crippen LogP) is 3.46. The molecule has 13 heavy (non-hydrogen) atoms. The predicted molar refractivity (Wildman–Crippen MR) is 54.8 cm³/mol. The summed E-state index contributed by atoms with van der Waals surface area (Å²) in [5.74, 6) is -0.680. The van der Waals surface area contributed by atoms with E-state index in [9.17, 15) is 4.79 Å². The Labute approximate surface area is 81.3 Å². The fourth-order valence-electron chi connectivity index (χ4n) is 1.53. The van der Waals surface area contributed by atoms with Crippen molar-refractivity contribution in [2.75, 3.05) is 0 Å². The normalized spacial score (nSPS) is 11.6. The molecule has 0 fully saturated rings. The maximum atomic E-state index is 10.5. The smallest absolute Gasteiger partial charge is 0.303 e. The van der Waals surface area contributed by atoms with Crippen molar-refractivity contribution in [2.45, 2.75) is 59.3 Å². The highest BCUT2D eigenvalue weighted by Crippen LogP contribution is 2.27. The molecule has 0 aliphatic heterocycles. The second-order valence-corrected chi connectivity index (χ2v) is 4.55. The molecule has 0 aromatic carbocycles. The summed E-state index contributed by atoms with van der Waals surface area (Å²) < 4.78 is 0. The molecule has 0 amide bonds. The highest BCUT2D eigenvalue weighted by atomic mass is 16.4. The monoisotopic (exact) mass is 186 g/mol. The van der Waals surface area contributed by atoms with Gasteiger partial charge in [-0.3, -0.25) is 4.79 Å². The molecule has 0 unspecified atom stereocenters. The molecule has 0 saturated heterocycles. The Morgan fingerprint density at radius 3 is 2.31 bits per heavy atom. The lowest BCUT2D eigenvalue weighted by molar-refractivity contribution is -0.139. The lowest BCUT2D eigenvalue weighted by Gasteiger charge is -2.21. The molecule has 0 saturated carbocycles. The van der Waals surface area contributed by atoms with Gasteiger partial charge in [0.1, 0.15) is 0 Å². The molecule has 0 aromatic heterocycles. The second kappa shape index (κ2) is 6.01. The molecule has 0 bridgehead atoms. The molecular weight excluding hydrogens is 164 g/mol. The summed E-state index contributed by atoms with van der Waals surface area (Å²) in [6.45, 7) is 6.25. The van der Waals surface area contributed by atoms with Crippen molar-refractivity contribution < 1.29 is 9.90 Å². The number of unbranched alkanes of at least 4 members (excludes halogenated alkanes) is 3. The van der Waals surface area contributed by atoms with E-state index in [0.29, 0.717) is 6.42 Å². The van der Waals surface area contributed by atoms with Gasteiger partial charge in [-0.1, -0.05) is 46.5 Å².